The molecule has 0 unspecified atom stereocenters. The van der Waals surface area contributed by atoms with Gasteiger partial charge in [-0.25, -0.2) is 4.98 Å². The maximum atomic E-state index is 13.3. The number of nitrogens with zero attached hydrogens (tertiary/aromatic N) is 2. The van der Waals surface area contributed by atoms with Crippen LogP contribution in [0.25, 0.3) is 0 Å². The Hall–Kier alpha value is -2.35. The van der Waals surface area contributed by atoms with Crippen LogP contribution in [-0.4, -0.2) is 33.5 Å². The third-order valence-electron chi connectivity index (χ3n) is 4.26. The topological polar surface area (TPSA) is 66.6 Å². The average molecular weight is 354 g/mol. The van der Waals surface area contributed by atoms with Crippen molar-refractivity contribution in [2.45, 2.75) is 38.6 Å². The molecule has 0 saturated carbocycles. The van der Waals surface area contributed by atoms with E-state index in [0.29, 0.717) is 11.6 Å². The lowest BCUT2D eigenvalue weighted by atomic mass is 9.97. The average Bonchev–Trinajstić information content (AvgIpc) is 3.08. The van der Waals surface area contributed by atoms with E-state index in [2.05, 4.69) is 4.98 Å². The van der Waals surface area contributed by atoms with E-state index in [9.17, 15) is 23.1 Å². The number of carbonyl (C=O) groups excluding carboxylic acids is 1. The van der Waals surface area contributed by atoms with Gasteiger partial charge in [0.2, 0.25) is 5.76 Å². The summed E-state index contributed by atoms with van der Waals surface area (Å²) in [5.74, 6) is -0.287. The van der Waals surface area contributed by atoms with Crippen molar-refractivity contribution in [3.63, 3.8) is 0 Å². The van der Waals surface area contributed by atoms with Crippen LogP contribution in [0.4, 0.5) is 13.2 Å². The highest BCUT2D eigenvalue weighted by Crippen LogP contribution is 2.41. The molecule has 1 saturated heterocycles. The van der Waals surface area contributed by atoms with E-state index in [1.807, 2.05) is 0 Å². The molecule has 0 radical (unpaired) electrons. The lowest BCUT2D eigenvalue weighted by Crippen LogP contribution is -2.32. The molecular formula is C17H17F3N2O3. The van der Waals surface area contributed by atoms with E-state index in [1.165, 1.54) is 23.1 Å². The summed E-state index contributed by atoms with van der Waals surface area (Å²) in [5, 5.41) is 9.97. The van der Waals surface area contributed by atoms with Gasteiger partial charge in [-0.3, -0.25) is 4.79 Å². The van der Waals surface area contributed by atoms with Crippen molar-refractivity contribution in [2.75, 3.05) is 6.54 Å². The minimum Gasteiger partial charge on any atom is -0.436 e. The van der Waals surface area contributed by atoms with E-state index in [0.717, 1.165) is 6.07 Å². The second-order valence-corrected chi connectivity index (χ2v) is 6.10. The van der Waals surface area contributed by atoms with E-state index in [-0.39, 0.29) is 24.3 Å². The monoisotopic (exact) mass is 354 g/mol. The number of benzene rings is 1. The normalized spacial score (nSPS) is 21.0. The van der Waals surface area contributed by atoms with Crippen LogP contribution in [0.3, 0.4) is 0 Å². The third-order valence-corrected chi connectivity index (χ3v) is 4.26. The fourth-order valence-corrected chi connectivity index (χ4v) is 3.24. The lowest BCUT2D eigenvalue weighted by molar-refractivity contribution is -0.138. The molecule has 1 fully saturated rings. The number of halogens is 3. The van der Waals surface area contributed by atoms with Gasteiger partial charge in [-0.15, -0.1) is 0 Å². The molecule has 2 aromatic rings. The van der Waals surface area contributed by atoms with Gasteiger partial charge in [-0.1, -0.05) is 18.2 Å². The molecule has 8 heteroatoms. The van der Waals surface area contributed by atoms with E-state index in [1.54, 1.807) is 13.8 Å². The highest BCUT2D eigenvalue weighted by molar-refractivity contribution is 5.93. The second-order valence-electron chi connectivity index (χ2n) is 6.10. The van der Waals surface area contributed by atoms with Gasteiger partial charge in [0, 0.05) is 13.5 Å². The standard InChI is InChI=1S/C17H17F3N2O3/c1-9-15(25-10(2)21-9)16(24)22-8-11(23)7-14(22)12-5-3-4-6-13(12)17(18,19)20/h3-6,11,14,23H,7-8H2,1-2H3/t11-,14+/m1/s1. The van der Waals surface area contributed by atoms with E-state index < -0.39 is 29.8 Å². The van der Waals surface area contributed by atoms with Gasteiger partial charge in [0.05, 0.1) is 23.4 Å². The fraction of sp³-hybridized carbons (Fsp3) is 0.412. The predicted molar refractivity (Wildman–Crippen MR) is 81.8 cm³/mol. The van der Waals surface area contributed by atoms with Crippen LogP contribution in [0.1, 0.15) is 45.7 Å². The van der Waals surface area contributed by atoms with Crippen molar-refractivity contribution in [2.24, 2.45) is 0 Å². The first kappa shape index (κ1) is 17.5. The number of oxazole rings is 1. The molecule has 1 aromatic carbocycles. The van der Waals surface area contributed by atoms with E-state index in [4.69, 9.17) is 4.42 Å². The van der Waals surface area contributed by atoms with Gasteiger partial charge in [-0.2, -0.15) is 13.2 Å². The molecule has 0 spiro atoms. The highest BCUT2D eigenvalue weighted by Gasteiger charge is 2.42. The SMILES string of the molecule is Cc1nc(C)c(C(=O)N2C[C@H](O)C[C@H]2c2ccccc2C(F)(F)F)o1. The Bertz CT molecular complexity index is 801. The number of β-amino-alcohol motifs (C(OH)–C–C–N with tert-alkyl or cyclic N) is 1. The molecule has 1 aliphatic heterocycles. The maximum absolute atomic E-state index is 13.3. The van der Waals surface area contributed by atoms with Crippen LogP contribution < -0.4 is 0 Å². The van der Waals surface area contributed by atoms with Crippen molar-refractivity contribution >= 4 is 5.91 Å². The zero-order valence-electron chi connectivity index (χ0n) is 13.7. The molecule has 25 heavy (non-hydrogen) atoms. The van der Waals surface area contributed by atoms with Crippen molar-refractivity contribution < 1.29 is 27.5 Å². The van der Waals surface area contributed by atoms with Crippen LogP contribution in [0.15, 0.2) is 28.7 Å². The Balaban J connectivity index is 2.01. The predicted octanol–water partition coefficient (Wildman–Crippen LogP) is 3.26. The summed E-state index contributed by atoms with van der Waals surface area (Å²) in [4.78, 5) is 18.0. The smallest absolute Gasteiger partial charge is 0.416 e. The van der Waals surface area contributed by atoms with Crippen molar-refractivity contribution in [3.8, 4) is 0 Å². The van der Waals surface area contributed by atoms with Crippen molar-refractivity contribution in [1.82, 2.24) is 9.88 Å². The minimum atomic E-state index is -4.54. The molecule has 2 heterocycles. The number of hydrogen-bond donors (Lipinski definition) is 1. The second kappa shape index (κ2) is 6.18. The van der Waals surface area contributed by atoms with Crippen LogP contribution in [0.2, 0.25) is 0 Å². The van der Waals surface area contributed by atoms with Gasteiger partial charge in [-0.05, 0) is 25.0 Å². The summed E-state index contributed by atoms with van der Waals surface area (Å²) in [5.41, 5.74) is -0.474. The van der Waals surface area contributed by atoms with Crippen LogP contribution in [0, 0.1) is 13.8 Å². The number of carbonyl (C=O) groups is 1. The molecular weight excluding hydrogens is 337 g/mol. The van der Waals surface area contributed by atoms with Crippen molar-refractivity contribution in [3.05, 3.63) is 52.7 Å². The summed E-state index contributed by atoms with van der Waals surface area (Å²) in [6.45, 7) is 3.11. The zero-order chi connectivity index (χ0) is 18.4. The molecule has 5 nitrogen and oxygen atoms in total. The Morgan fingerprint density at radius 1 is 1.32 bits per heavy atom. The number of aryl methyl sites for hydroxylation is 2. The summed E-state index contributed by atoms with van der Waals surface area (Å²) in [6, 6.07) is 4.22. The zero-order valence-corrected chi connectivity index (χ0v) is 13.7. The van der Waals surface area contributed by atoms with Gasteiger partial charge in [0.15, 0.2) is 5.89 Å². The number of alkyl halides is 3. The molecule has 1 aliphatic rings. The first-order valence-corrected chi connectivity index (χ1v) is 7.77. The van der Waals surface area contributed by atoms with Crippen molar-refractivity contribution in [1.29, 1.82) is 0 Å². The number of hydrogen-bond acceptors (Lipinski definition) is 4. The van der Waals surface area contributed by atoms with Gasteiger partial charge < -0.3 is 14.4 Å². The first-order valence-electron chi connectivity index (χ1n) is 7.77. The summed E-state index contributed by atoms with van der Waals surface area (Å²) in [6.07, 6.45) is -5.41. The Morgan fingerprint density at radius 2 is 2.00 bits per heavy atom. The number of rotatable bonds is 2. The highest BCUT2D eigenvalue weighted by atomic mass is 19.4. The molecule has 0 bridgehead atoms. The molecule has 3 rings (SSSR count). The lowest BCUT2D eigenvalue weighted by Gasteiger charge is -2.26. The quantitative estimate of drug-likeness (QED) is 0.899. The molecule has 1 amide bonds. The van der Waals surface area contributed by atoms with Crippen LogP contribution in [-0.2, 0) is 6.18 Å². The number of aromatic nitrogens is 1. The number of amides is 1. The maximum Gasteiger partial charge on any atom is 0.416 e. The summed E-state index contributed by atoms with van der Waals surface area (Å²) >= 11 is 0. The van der Waals surface area contributed by atoms with Crippen LogP contribution in [0.5, 0.6) is 0 Å². The summed E-state index contributed by atoms with van der Waals surface area (Å²) in [7, 11) is 0. The Labute approximate surface area is 142 Å². The molecule has 2 atom stereocenters. The van der Waals surface area contributed by atoms with Gasteiger partial charge in [0.1, 0.15) is 0 Å². The van der Waals surface area contributed by atoms with Crippen LogP contribution >= 0.6 is 0 Å². The summed E-state index contributed by atoms with van der Waals surface area (Å²) < 4.78 is 45.3. The minimum absolute atomic E-state index is 0.0129. The van der Waals surface area contributed by atoms with E-state index >= 15 is 0 Å². The largest absolute Gasteiger partial charge is 0.436 e. The molecule has 1 N–H and O–H groups in total. The number of aliphatic hydroxyl groups excluding tert-OH is 1. The third kappa shape index (κ3) is 3.26. The Morgan fingerprint density at radius 3 is 2.60 bits per heavy atom. The van der Waals surface area contributed by atoms with Gasteiger partial charge >= 0.3 is 6.18 Å². The molecule has 1 aromatic heterocycles. The Kier molecular flexibility index (Phi) is 4.32. The first-order chi connectivity index (χ1) is 11.7. The van der Waals surface area contributed by atoms with Gasteiger partial charge in [0.25, 0.3) is 5.91 Å². The number of likely N-dealkylation sites (tertiary alicyclic amines) is 1. The number of aliphatic hydroxyl groups is 1. The molecule has 0 aliphatic carbocycles. The molecule has 134 valence electrons. The fourth-order valence-electron chi connectivity index (χ4n) is 3.24.